The number of alkyl halides is 1. The van der Waals surface area contributed by atoms with E-state index in [1.165, 1.54) is 6.07 Å². The van der Waals surface area contributed by atoms with Gasteiger partial charge >= 0.3 is 0 Å². The summed E-state index contributed by atoms with van der Waals surface area (Å²) in [6.45, 7) is 2.11. The van der Waals surface area contributed by atoms with Crippen LogP contribution in [0.4, 0.5) is 4.39 Å². The molecule has 0 spiro atoms. The molecule has 0 aliphatic heterocycles. The number of fused-ring (bicyclic) bond motifs is 1. The first-order valence-corrected chi connectivity index (χ1v) is 8.33. The quantitative estimate of drug-likeness (QED) is 0.730. The van der Waals surface area contributed by atoms with Crippen molar-refractivity contribution < 1.29 is 4.39 Å². The molecule has 0 fully saturated rings. The average molecular weight is 321 g/mol. The van der Waals surface area contributed by atoms with Crippen molar-refractivity contribution in [2.45, 2.75) is 25.3 Å². The topological polar surface area (TPSA) is 17.8 Å². The number of halogens is 3. The van der Waals surface area contributed by atoms with Gasteiger partial charge in [-0.2, -0.15) is 11.8 Å². The summed E-state index contributed by atoms with van der Waals surface area (Å²) in [5.74, 6) is 1.59. The minimum atomic E-state index is -0.421. The molecule has 0 saturated heterocycles. The minimum absolute atomic E-state index is 0.0937. The van der Waals surface area contributed by atoms with Crippen LogP contribution in [0.25, 0.3) is 11.0 Å². The summed E-state index contributed by atoms with van der Waals surface area (Å²) in [7, 11) is 0. The average Bonchev–Trinajstić information content (AvgIpc) is 2.74. The van der Waals surface area contributed by atoms with E-state index in [0.29, 0.717) is 11.4 Å². The zero-order valence-electron chi connectivity index (χ0n) is 10.8. The van der Waals surface area contributed by atoms with E-state index in [9.17, 15) is 4.39 Å². The van der Waals surface area contributed by atoms with Gasteiger partial charge in [0.2, 0.25) is 0 Å². The normalized spacial score (nSPS) is 13.1. The van der Waals surface area contributed by atoms with Crippen molar-refractivity contribution in [3.05, 3.63) is 28.8 Å². The number of hydrogen-bond acceptors (Lipinski definition) is 2. The second-order valence-electron chi connectivity index (χ2n) is 4.30. The van der Waals surface area contributed by atoms with E-state index in [2.05, 4.69) is 18.2 Å². The number of nitrogens with zero attached hydrogens (tertiary/aromatic N) is 2. The molecule has 0 N–H and O–H groups in total. The summed E-state index contributed by atoms with van der Waals surface area (Å²) in [5, 5.41) is 0.0937. The zero-order chi connectivity index (χ0) is 14.0. The van der Waals surface area contributed by atoms with E-state index in [1.807, 2.05) is 4.57 Å². The molecule has 0 aliphatic carbocycles. The third kappa shape index (κ3) is 2.86. The molecule has 1 aromatic carbocycles. The van der Waals surface area contributed by atoms with Crippen LogP contribution in [0.3, 0.4) is 0 Å². The third-order valence-electron chi connectivity index (χ3n) is 3.12. The van der Waals surface area contributed by atoms with Gasteiger partial charge in [-0.3, -0.25) is 0 Å². The maximum atomic E-state index is 13.7. The van der Waals surface area contributed by atoms with Crippen LogP contribution < -0.4 is 0 Å². The number of rotatable bonds is 5. The summed E-state index contributed by atoms with van der Waals surface area (Å²) >= 11 is 13.5. The highest BCUT2D eigenvalue weighted by Gasteiger charge is 2.18. The molecule has 2 nitrogen and oxygen atoms in total. The van der Waals surface area contributed by atoms with Gasteiger partial charge < -0.3 is 4.57 Å². The van der Waals surface area contributed by atoms with Gasteiger partial charge in [0.15, 0.2) is 0 Å². The van der Waals surface area contributed by atoms with Gasteiger partial charge in [-0.05, 0) is 18.7 Å². The highest BCUT2D eigenvalue weighted by atomic mass is 35.5. The molecule has 0 aliphatic rings. The van der Waals surface area contributed by atoms with Gasteiger partial charge in [0.1, 0.15) is 11.6 Å². The third-order valence-corrected chi connectivity index (χ3v) is 4.37. The SMILES string of the molecule is CCC(CSC)n1c(CCl)nc2cc(Cl)c(F)cc21. The Kier molecular flexibility index (Phi) is 4.98. The second-order valence-corrected chi connectivity index (χ2v) is 5.89. The number of thioether (sulfide) groups is 1. The van der Waals surface area contributed by atoms with Crippen LogP contribution in [-0.2, 0) is 5.88 Å². The van der Waals surface area contributed by atoms with E-state index >= 15 is 0 Å². The Balaban J connectivity index is 2.65. The predicted octanol–water partition coefficient (Wildman–Crippen LogP) is 4.88. The van der Waals surface area contributed by atoms with Crippen molar-refractivity contribution >= 4 is 46.0 Å². The molecule has 1 aromatic heterocycles. The molecule has 19 heavy (non-hydrogen) atoms. The van der Waals surface area contributed by atoms with Gasteiger partial charge in [-0.15, -0.1) is 11.6 Å². The van der Waals surface area contributed by atoms with Crippen molar-refractivity contribution in [2.24, 2.45) is 0 Å². The first kappa shape index (κ1) is 14.9. The number of imidazole rings is 1. The molecule has 2 aromatic rings. The van der Waals surface area contributed by atoms with Gasteiger partial charge in [0.05, 0.1) is 21.9 Å². The molecule has 1 unspecified atom stereocenters. The Bertz CT molecular complexity index is 586. The molecule has 6 heteroatoms. The van der Waals surface area contributed by atoms with Gasteiger partial charge in [0, 0.05) is 17.9 Å². The van der Waals surface area contributed by atoms with Gasteiger partial charge in [-0.25, -0.2) is 9.37 Å². The van der Waals surface area contributed by atoms with Crippen molar-refractivity contribution in [1.82, 2.24) is 9.55 Å². The van der Waals surface area contributed by atoms with Crippen molar-refractivity contribution in [3.63, 3.8) is 0 Å². The summed E-state index contributed by atoms with van der Waals surface area (Å²) in [6.07, 6.45) is 3.00. The molecule has 1 heterocycles. The number of aromatic nitrogens is 2. The molecule has 0 amide bonds. The Morgan fingerprint density at radius 2 is 2.21 bits per heavy atom. The molecule has 1 atom stereocenters. The van der Waals surface area contributed by atoms with Crippen LogP contribution >= 0.6 is 35.0 Å². The minimum Gasteiger partial charge on any atom is -0.323 e. The Hall–Kier alpha value is -0.450. The van der Waals surface area contributed by atoms with Crippen LogP contribution in [0.2, 0.25) is 5.02 Å². The lowest BCUT2D eigenvalue weighted by atomic mass is 10.2. The van der Waals surface area contributed by atoms with Crippen LogP contribution in [0, 0.1) is 5.82 Å². The standard InChI is InChI=1S/C13H15Cl2FN2S/c1-3-8(7-19-2)18-12-5-10(16)9(15)4-11(12)17-13(18)6-14/h4-5,8H,3,6-7H2,1-2H3. The fraction of sp³-hybridized carbons (Fsp3) is 0.462. The molecule has 2 rings (SSSR count). The Morgan fingerprint density at radius 3 is 2.79 bits per heavy atom. The van der Waals surface area contributed by atoms with E-state index in [1.54, 1.807) is 17.8 Å². The summed E-state index contributed by atoms with van der Waals surface area (Å²) in [5.41, 5.74) is 1.46. The van der Waals surface area contributed by atoms with Gasteiger partial charge in [0.25, 0.3) is 0 Å². The first-order chi connectivity index (χ1) is 9.12. The molecule has 0 bridgehead atoms. The van der Waals surface area contributed by atoms with E-state index in [0.717, 1.165) is 23.5 Å². The largest absolute Gasteiger partial charge is 0.323 e. The smallest absolute Gasteiger partial charge is 0.144 e. The fourth-order valence-corrected chi connectivity index (χ4v) is 3.33. The molecule has 0 radical (unpaired) electrons. The summed E-state index contributed by atoms with van der Waals surface area (Å²) in [6, 6.07) is 3.27. The van der Waals surface area contributed by atoms with Crippen LogP contribution in [0.1, 0.15) is 25.2 Å². The zero-order valence-corrected chi connectivity index (χ0v) is 13.1. The van der Waals surface area contributed by atoms with Crippen molar-refractivity contribution in [2.75, 3.05) is 12.0 Å². The second kappa shape index (κ2) is 6.33. The van der Waals surface area contributed by atoms with Crippen molar-refractivity contribution in [1.29, 1.82) is 0 Å². The van der Waals surface area contributed by atoms with Crippen LogP contribution in [-0.4, -0.2) is 21.6 Å². The predicted molar refractivity (Wildman–Crippen MR) is 82.0 cm³/mol. The molecular weight excluding hydrogens is 306 g/mol. The maximum Gasteiger partial charge on any atom is 0.144 e. The lowest BCUT2D eigenvalue weighted by Gasteiger charge is -2.19. The fourth-order valence-electron chi connectivity index (χ4n) is 2.21. The van der Waals surface area contributed by atoms with E-state index < -0.39 is 5.82 Å². The van der Waals surface area contributed by atoms with E-state index in [4.69, 9.17) is 23.2 Å². The number of benzene rings is 1. The molecule has 104 valence electrons. The molecule has 0 saturated carbocycles. The van der Waals surface area contributed by atoms with Gasteiger partial charge in [-0.1, -0.05) is 18.5 Å². The van der Waals surface area contributed by atoms with E-state index in [-0.39, 0.29) is 11.1 Å². The Labute approximate surface area is 126 Å². The lowest BCUT2D eigenvalue weighted by Crippen LogP contribution is -2.13. The highest BCUT2D eigenvalue weighted by Crippen LogP contribution is 2.29. The van der Waals surface area contributed by atoms with Crippen LogP contribution in [0.15, 0.2) is 12.1 Å². The maximum absolute atomic E-state index is 13.7. The monoisotopic (exact) mass is 320 g/mol. The lowest BCUT2D eigenvalue weighted by molar-refractivity contribution is 0.537. The Morgan fingerprint density at radius 1 is 1.47 bits per heavy atom. The first-order valence-electron chi connectivity index (χ1n) is 6.03. The van der Waals surface area contributed by atoms with Crippen molar-refractivity contribution in [3.8, 4) is 0 Å². The summed E-state index contributed by atoms with van der Waals surface area (Å²) in [4.78, 5) is 4.45. The summed E-state index contributed by atoms with van der Waals surface area (Å²) < 4.78 is 15.7. The highest BCUT2D eigenvalue weighted by molar-refractivity contribution is 7.98. The molecular formula is C13H15Cl2FN2S. The number of hydrogen-bond donors (Lipinski definition) is 0. The van der Waals surface area contributed by atoms with Crippen LogP contribution in [0.5, 0.6) is 0 Å².